The minimum Gasteiger partial charge on any atom is -0.456 e. The Kier molecular flexibility index (Phi) is 7.67. The molecule has 6 aromatic carbocycles. The van der Waals surface area contributed by atoms with Crippen molar-refractivity contribution in [3.8, 4) is 33.8 Å². The fourth-order valence-corrected chi connectivity index (χ4v) is 7.37. The second kappa shape index (κ2) is 11.7. The molecule has 0 fully saturated rings. The van der Waals surface area contributed by atoms with Crippen LogP contribution in [0, 0.1) is 0 Å². The Labute approximate surface area is 251 Å². The fourth-order valence-electron chi connectivity index (χ4n) is 4.81. The van der Waals surface area contributed by atoms with E-state index in [9.17, 15) is 16.8 Å². The van der Waals surface area contributed by atoms with Crippen LogP contribution in [0.3, 0.4) is 0 Å². The maximum absolute atomic E-state index is 13.1. The summed E-state index contributed by atoms with van der Waals surface area (Å²) in [4.78, 5) is 0.912. The molecule has 0 saturated heterocycles. The van der Waals surface area contributed by atoms with E-state index < -0.39 is 19.7 Å². The van der Waals surface area contributed by atoms with Gasteiger partial charge in [-0.15, -0.1) is 0 Å². The third-order valence-corrected chi connectivity index (χ3v) is 10.6. The lowest BCUT2D eigenvalue weighted by Gasteiger charge is -2.15. The smallest absolute Gasteiger partial charge is 0.206 e. The van der Waals surface area contributed by atoms with E-state index in [2.05, 4.69) is 0 Å². The summed E-state index contributed by atoms with van der Waals surface area (Å²) >= 11 is 0. The molecule has 0 aromatic heterocycles. The lowest BCUT2D eigenvalue weighted by atomic mass is 10.0. The molecule has 0 N–H and O–H groups in total. The molecule has 0 bridgehead atoms. The van der Waals surface area contributed by atoms with Crippen molar-refractivity contribution in [2.75, 3.05) is 0 Å². The number of hydrogen-bond acceptors (Lipinski definition) is 5. The molecule has 0 heterocycles. The highest BCUT2D eigenvalue weighted by atomic mass is 32.2. The molecule has 0 amide bonds. The second-order valence-corrected chi connectivity index (χ2v) is 13.7. The average Bonchev–Trinajstić information content (AvgIpc) is 3.06. The average molecular weight is 603 g/mol. The van der Waals surface area contributed by atoms with E-state index in [1.54, 1.807) is 109 Å². The van der Waals surface area contributed by atoms with Crippen molar-refractivity contribution in [2.45, 2.75) is 19.6 Å². The van der Waals surface area contributed by atoms with Crippen molar-refractivity contribution in [1.29, 1.82) is 0 Å². The summed E-state index contributed by atoms with van der Waals surface area (Å²) in [6.07, 6.45) is 0. The van der Waals surface area contributed by atoms with Gasteiger partial charge in [0.05, 0.1) is 19.6 Å². The van der Waals surface area contributed by atoms with Crippen molar-refractivity contribution in [3.63, 3.8) is 0 Å². The van der Waals surface area contributed by atoms with E-state index in [0.29, 0.717) is 11.5 Å². The Morgan fingerprint density at radius 1 is 0.326 bits per heavy atom. The second-order valence-electron chi connectivity index (χ2n) is 9.78. The molecular weight excluding hydrogens is 577 g/mol. The Balaban J connectivity index is 1.29. The van der Waals surface area contributed by atoms with Crippen LogP contribution in [0.5, 0.6) is 11.5 Å². The van der Waals surface area contributed by atoms with Gasteiger partial charge in [0.1, 0.15) is 11.5 Å². The van der Waals surface area contributed by atoms with Crippen molar-refractivity contribution < 1.29 is 21.6 Å². The van der Waals surface area contributed by atoms with Gasteiger partial charge >= 0.3 is 0 Å². The fraction of sp³-hybridized carbons (Fsp3) is 0. The van der Waals surface area contributed by atoms with Gasteiger partial charge in [-0.2, -0.15) is 0 Å². The molecule has 0 aliphatic heterocycles. The van der Waals surface area contributed by atoms with Gasteiger partial charge in [0.2, 0.25) is 19.7 Å². The maximum atomic E-state index is 13.1. The lowest BCUT2D eigenvalue weighted by molar-refractivity contribution is 0.486. The molecule has 6 rings (SSSR count). The van der Waals surface area contributed by atoms with E-state index in [-0.39, 0.29) is 19.6 Å². The summed E-state index contributed by atoms with van der Waals surface area (Å²) in [6, 6.07) is 45.3. The van der Waals surface area contributed by atoms with Crippen LogP contribution in [0.1, 0.15) is 0 Å². The highest BCUT2D eigenvalue weighted by molar-refractivity contribution is 7.91. The lowest BCUT2D eigenvalue weighted by Crippen LogP contribution is -2.01. The van der Waals surface area contributed by atoms with Crippen LogP contribution in [0.25, 0.3) is 22.3 Å². The molecule has 0 aliphatic rings. The summed E-state index contributed by atoms with van der Waals surface area (Å²) in [5.74, 6) is 1.19. The number of ether oxygens (including phenoxy) is 1. The van der Waals surface area contributed by atoms with Gasteiger partial charge in [0.25, 0.3) is 0 Å². The van der Waals surface area contributed by atoms with Crippen molar-refractivity contribution in [2.24, 2.45) is 0 Å². The Morgan fingerprint density at radius 3 is 1.00 bits per heavy atom. The molecule has 6 aromatic rings. The highest BCUT2D eigenvalue weighted by Gasteiger charge is 2.19. The molecule has 0 saturated carbocycles. The Bertz CT molecular complexity index is 1940. The van der Waals surface area contributed by atoms with E-state index in [4.69, 9.17) is 4.74 Å². The molecule has 5 nitrogen and oxygen atoms in total. The van der Waals surface area contributed by atoms with Gasteiger partial charge < -0.3 is 4.74 Å². The topological polar surface area (TPSA) is 77.5 Å². The van der Waals surface area contributed by atoms with Gasteiger partial charge in [-0.25, -0.2) is 16.8 Å². The summed E-state index contributed by atoms with van der Waals surface area (Å²) in [6.45, 7) is 0. The molecule has 212 valence electrons. The zero-order chi connectivity index (χ0) is 29.9. The Morgan fingerprint density at radius 2 is 0.628 bits per heavy atom. The van der Waals surface area contributed by atoms with Crippen molar-refractivity contribution in [3.05, 3.63) is 158 Å². The number of hydrogen-bond donors (Lipinski definition) is 0. The van der Waals surface area contributed by atoms with Crippen LogP contribution in [0.15, 0.2) is 177 Å². The zero-order valence-electron chi connectivity index (χ0n) is 22.9. The van der Waals surface area contributed by atoms with E-state index >= 15 is 0 Å². The van der Waals surface area contributed by atoms with Crippen LogP contribution >= 0.6 is 0 Å². The number of benzene rings is 6. The minimum absolute atomic E-state index is 0.212. The van der Waals surface area contributed by atoms with Crippen LogP contribution in [0.2, 0.25) is 0 Å². The van der Waals surface area contributed by atoms with Crippen LogP contribution in [-0.4, -0.2) is 16.8 Å². The molecule has 0 radical (unpaired) electrons. The predicted octanol–water partition coefficient (Wildman–Crippen LogP) is 8.48. The minimum atomic E-state index is -3.63. The molecule has 0 unspecified atom stereocenters. The van der Waals surface area contributed by atoms with Gasteiger partial charge in [0.15, 0.2) is 0 Å². The van der Waals surface area contributed by atoms with Crippen LogP contribution < -0.4 is 4.74 Å². The number of sulfone groups is 2. The van der Waals surface area contributed by atoms with E-state index in [1.807, 2.05) is 48.5 Å². The summed E-state index contributed by atoms with van der Waals surface area (Å²) in [5, 5.41) is 0. The predicted molar refractivity (Wildman–Crippen MR) is 168 cm³/mol. The Hall–Kier alpha value is -4.98. The number of rotatable bonds is 8. The molecule has 43 heavy (non-hydrogen) atoms. The number of para-hydroxylation sites is 2. The van der Waals surface area contributed by atoms with Gasteiger partial charge in [0, 0.05) is 11.1 Å². The first-order valence-electron chi connectivity index (χ1n) is 13.5. The standard InChI is InChI=1S/C36H26O5S2/c37-42(38,29-11-3-1-4-12-29)31-23-19-27(20-24-31)33-15-7-9-17-35(33)41-36-18-10-8-16-34(36)28-21-25-32(26-22-28)43(39,40)30-13-5-2-6-14-30/h1-26H. The molecule has 7 heteroatoms. The highest BCUT2D eigenvalue weighted by Crippen LogP contribution is 2.38. The molecule has 0 spiro atoms. The first-order chi connectivity index (χ1) is 20.8. The third-order valence-electron chi connectivity index (χ3n) is 7.05. The largest absolute Gasteiger partial charge is 0.456 e. The van der Waals surface area contributed by atoms with E-state index in [0.717, 1.165) is 22.3 Å². The molecular formula is C36H26O5S2. The van der Waals surface area contributed by atoms with Gasteiger partial charge in [-0.05, 0) is 71.8 Å². The zero-order valence-corrected chi connectivity index (χ0v) is 24.5. The third kappa shape index (κ3) is 5.73. The maximum Gasteiger partial charge on any atom is 0.206 e. The monoisotopic (exact) mass is 602 g/mol. The molecule has 0 aliphatic carbocycles. The summed E-state index contributed by atoms with van der Waals surface area (Å²) in [5.41, 5.74) is 3.20. The van der Waals surface area contributed by atoms with Crippen LogP contribution in [0.4, 0.5) is 0 Å². The van der Waals surface area contributed by atoms with Crippen molar-refractivity contribution >= 4 is 19.7 Å². The van der Waals surface area contributed by atoms with Gasteiger partial charge in [-0.1, -0.05) is 97.1 Å². The first kappa shape index (κ1) is 28.2. The first-order valence-corrected chi connectivity index (χ1v) is 16.5. The van der Waals surface area contributed by atoms with Gasteiger partial charge in [-0.3, -0.25) is 0 Å². The van der Waals surface area contributed by atoms with E-state index in [1.165, 1.54) is 0 Å². The summed E-state index contributed by atoms with van der Waals surface area (Å²) < 4.78 is 58.7. The molecule has 0 atom stereocenters. The SMILES string of the molecule is O=S(=O)(c1ccccc1)c1ccc(-c2ccccc2Oc2ccccc2-c2ccc(S(=O)(=O)c3ccccc3)cc2)cc1. The van der Waals surface area contributed by atoms with Crippen molar-refractivity contribution in [1.82, 2.24) is 0 Å². The normalized spacial score (nSPS) is 11.6. The summed E-state index contributed by atoms with van der Waals surface area (Å²) in [7, 11) is -7.26. The van der Waals surface area contributed by atoms with Crippen LogP contribution in [-0.2, 0) is 19.7 Å². The quantitative estimate of drug-likeness (QED) is 0.175.